The summed E-state index contributed by atoms with van der Waals surface area (Å²) in [6.07, 6.45) is 3.89. The third kappa shape index (κ3) is 3.99. The number of aromatic nitrogens is 1. The van der Waals surface area contributed by atoms with Gasteiger partial charge in [-0.05, 0) is 62.8 Å². The van der Waals surface area contributed by atoms with E-state index in [9.17, 15) is 4.79 Å². The zero-order chi connectivity index (χ0) is 17.8. The number of likely N-dealkylation sites (tertiary alicyclic amines) is 1. The first-order chi connectivity index (χ1) is 12.1. The topological polar surface area (TPSA) is 45.7 Å². The highest BCUT2D eigenvalue weighted by molar-refractivity contribution is 5.94. The molecule has 5 nitrogen and oxygen atoms in total. The van der Waals surface area contributed by atoms with Gasteiger partial charge in [0.05, 0.1) is 18.8 Å². The van der Waals surface area contributed by atoms with Gasteiger partial charge in [0.15, 0.2) is 0 Å². The number of methoxy groups -OCH3 is 1. The Bertz CT molecular complexity index is 711. The molecule has 1 aliphatic rings. The maximum atomic E-state index is 12.9. The van der Waals surface area contributed by atoms with Gasteiger partial charge in [-0.25, -0.2) is 0 Å². The molecule has 1 aromatic heterocycles. The molecule has 1 fully saturated rings. The van der Waals surface area contributed by atoms with E-state index in [0.29, 0.717) is 5.56 Å². The summed E-state index contributed by atoms with van der Waals surface area (Å²) in [6, 6.07) is 11.5. The number of pyridine rings is 1. The van der Waals surface area contributed by atoms with Gasteiger partial charge in [-0.3, -0.25) is 9.78 Å². The third-order valence-corrected chi connectivity index (χ3v) is 4.54. The molecular weight excluding hydrogens is 314 g/mol. The molecule has 1 amide bonds. The summed E-state index contributed by atoms with van der Waals surface area (Å²) < 4.78 is 5.17. The lowest BCUT2D eigenvalue weighted by Crippen LogP contribution is -2.31. The van der Waals surface area contributed by atoms with E-state index in [1.54, 1.807) is 7.11 Å². The first kappa shape index (κ1) is 17.4. The van der Waals surface area contributed by atoms with Crippen LogP contribution in [0.3, 0.4) is 0 Å². The second-order valence-electron chi connectivity index (χ2n) is 6.71. The Kier molecular flexibility index (Phi) is 5.34. The monoisotopic (exact) mass is 339 g/mol. The van der Waals surface area contributed by atoms with E-state index in [1.165, 1.54) is 5.56 Å². The molecule has 0 aliphatic carbocycles. The molecule has 3 rings (SSSR count). The van der Waals surface area contributed by atoms with Crippen LogP contribution in [-0.2, 0) is 6.54 Å². The quantitative estimate of drug-likeness (QED) is 0.840. The van der Waals surface area contributed by atoms with Crippen molar-refractivity contribution in [3.05, 3.63) is 59.4 Å². The van der Waals surface area contributed by atoms with E-state index in [2.05, 4.69) is 22.0 Å². The van der Waals surface area contributed by atoms with Gasteiger partial charge in [-0.15, -0.1) is 0 Å². The molecule has 1 unspecified atom stereocenters. The van der Waals surface area contributed by atoms with Gasteiger partial charge in [0.2, 0.25) is 0 Å². The summed E-state index contributed by atoms with van der Waals surface area (Å²) in [6.45, 7) is 1.64. The van der Waals surface area contributed by atoms with Crippen LogP contribution in [0, 0.1) is 0 Å². The van der Waals surface area contributed by atoms with Crippen LogP contribution in [0.1, 0.15) is 40.5 Å². The number of nitrogens with zero attached hydrogens (tertiary/aromatic N) is 3. The van der Waals surface area contributed by atoms with Gasteiger partial charge >= 0.3 is 0 Å². The number of hydrogen-bond acceptors (Lipinski definition) is 4. The molecule has 0 spiro atoms. The molecule has 132 valence electrons. The number of carbonyl (C=O) groups is 1. The standard InChI is InChI=1S/C20H25N3O2/c1-22(2)14-15-6-11-18(21-13-15)19-5-4-12-23(19)20(24)16-7-9-17(25-3)10-8-16/h6-11,13,19H,4-5,12,14H2,1-3H3. The molecule has 1 saturated heterocycles. The Hall–Kier alpha value is -2.40. The van der Waals surface area contributed by atoms with E-state index < -0.39 is 0 Å². The van der Waals surface area contributed by atoms with Crippen LogP contribution < -0.4 is 4.74 Å². The van der Waals surface area contributed by atoms with Crippen molar-refractivity contribution in [2.45, 2.75) is 25.4 Å². The Morgan fingerprint density at radius 3 is 2.60 bits per heavy atom. The van der Waals surface area contributed by atoms with Crippen molar-refractivity contribution in [3.8, 4) is 5.75 Å². The van der Waals surface area contributed by atoms with Gasteiger partial charge in [0.1, 0.15) is 5.75 Å². The number of rotatable bonds is 5. The summed E-state index contributed by atoms with van der Waals surface area (Å²) >= 11 is 0. The molecule has 1 aliphatic heterocycles. The minimum Gasteiger partial charge on any atom is -0.497 e. The van der Waals surface area contributed by atoms with Crippen molar-refractivity contribution in [1.82, 2.24) is 14.8 Å². The SMILES string of the molecule is COc1ccc(C(=O)N2CCCC2c2ccc(CN(C)C)cn2)cc1. The van der Waals surface area contributed by atoms with Crippen molar-refractivity contribution < 1.29 is 9.53 Å². The average molecular weight is 339 g/mol. The van der Waals surface area contributed by atoms with Gasteiger partial charge < -0.3 is 14.5 Å². The second kappa shape index (κ2) is 7.66. The molecular formula is C20H25N3O2. The summed E-state index contributed by atoms with van der Waals surface area (Å²) in [5.41, 5.74) is 2.85. The fraction of sp³-hybridized carbons (Fsp3) is 0.400. The first-order valence-electron chi connectivity index (χ1n) is 8.63. The van der Waals surface area contributed by atoms with Crippen molar-refractivity contribution in [1.29, 1.82) is 0 Å². The normalized spacial score (nSPS) is 17.1. The molecule has 0 bridgehead atoms. The zero-order valence-electron chi connectivity index (χ0n) is 15.1. The lowest BCUT2D eigenvalue weighted by molar-refractivity contribution is 0.0733. The molecule has 25 heavy (non-hydrogen) atoms. The number of ether oxygens (including phenoxy) is 1. The highest BCUT2D eigenvalue weighted by Crippen LogP contribution is 2.32. The van der Waals surface area contributed by atoms with Crippen LogP contribution in [0.5, 0.6) is 5.75 Å². The minimum absolute atomic E-state index is 0.0583. The number of hydrogen-bond donors (Lipinski definition) is 0. The van der Waals surface area contributed by atoms with E-state index >= 15 is 0 Å². The largest absolute Gasteiger partial charge is 0.497 e. The lowest BCUT2D eigenvalue weighted by atomic mass is 10.1. The number of carbonyl (C=O) groups excluding carboxylic acids is 1. The second-order valence-corrected chi connectivity index (χ2v) is 6.71. The van der Waals surface area contributed by atoms with E-state index in [0.717, 1.165) is 37.4 Å². The van der Waals surface area contributed by atoms with Gasteiger partial charge in [-0.1, -0.05) is 6.07 Å². The van der Waals surface area contributed by atoms with Crippen LogP contribution in [0.4, 0.5) is 0 Å². The van der Waals surface area contributed by atoms with E-state index in [-0.39, 0.29) is 11.9 Å². The van der Waals surface area contributed by atoms with Crippen molar-refractivity contribution in [2.24, 2.45) is 0 Å². The van der Waals surface area contributed by atoms with Gasteiger partial charge in [-0.2, -0.15) is 0 Å². The molecule has 1 atom stereocenters. The molecule has 5 heteroatoms. The zero-order valence-corrected chi connectivity index (χ0v) is 15.1. The maximum absolute atomic E-state index is 12.9. The van der Waals surface area contributed by atoms with Crippen LogP contribution in [0.2, 0.25) is 0 Å². The van der Waals surface area contributed by atoms with Crippen LogP contribution >= 0.6 is 0 Å². The fourth-order valence-electron chi connectivity index (χ4n) is 3.31. The van der Waals surface area contributed by atoms with Crippen LogP contribution in [-0.4, -0.2) is 48.4 Å². The summed E-state index contributed by atoms with van der Waals surface area (Å²) in [5, 5.41) is 0. The number of benzene rings is 1. The smallest absolute Gasteiger partial charge is 0.254 e. The Labute approximate surface area is 149 Å². The number of amides is 1. The predicted molar refractivity (Wildman–Crippen MR) is 97.6 cm³/mol. The van der Waals surface area contributed by atoms with Crippen molar-refractivity contribution in [2.75, 3.05) is 27.7 Å². The third-order valence-electron chi connectivity index (χ3n) is 4.54. The van der Waals surface area contributed by atoms with Crippen molar-refractivity contribution >= 4 is 5.91 Å². The Morgan fingerprint density at radius 2 is 2.00 bits per heavy atom. The van der Waals surface area contributed by atoms with Crippen molar-refractivity contribution in [3.63, 3.8) is 0 Å². The highest BCUT2D eigenvalue weighted by atomic mass is 16.5. The summed E-state index contributed by atoms with van der Waals surface area (Å²) in [5.74, 6) is 0.817. The minimum atomic E-state index is 0.0583. The maximum Gasteiger partial charge on any atom is 0.254 e. The predicted octanol–water partition coefficient (Wildman–Crippen LogP) is 3.13. The fourth-order valence-corrected chi connectivity index (χ4v) is 3.31. The molecule has 0 saturated carbocycles. The average Bonchev–Trinajstić information content (AvgIpc) is 3.11. The molecule has 2 heterocycles. The Balaban J connectivity index is 1.76. The van der Waals surface area contributed by atoms with Crippen LogP contribution in [0.25, 0.3) is 0 Å². The van der Waals surface area contributed by atoms with Gasteiger partial charge in [0.25, 0.3) is 5.91 Å². The summed E-state index contributed by atoms with van der Waals surface area (Å²) in [7, 11) is 5.71. The molecule has 2 aromatic rings. The molecule has 1 aromatic carbocycles. The molecule has 0 radical (unpaired) electrons. The highest BCUT2D eigenvalue weighted by Gasteiger charge is 2.31. The van der Waals surface area contributed by atoms with Gasteiger partial charge in [0, 0.05) is 24.8 Å². The molecule has 0 N–H and O–H groups in total. The summed E-state index contributed by atoms with van der Waals surface area (Å²) in [4.78, 5) is 21.6. The van der Waals surface area contributed by atoms with E-state index in [4.69, 9.17) is 4.74 Å². The Morgan fingerprint density at radius 1 is 1.24 bits per heavy atom. The first-order valence-corrected chi connectivity index (χ1v) is 8.63. The van der Waals surface area contributed by atoms with Crippen LogP contribution in [0.15, 0.2) is 42.6 Å². The van der Waals surface area contributed by atoms with E-state index in [1.807, 2.05) is 49.5 Å². The lowest BCUT2D eigenvalue weighted by Gasteiger charge is -2.24.